The van der Waals surface area contributed by atoms with Crippen LogP contribution in [0.3, 0.4) is 0 Å². The molecule has 1 fully saturated rings. The molecule has 0 aliphatic carbocycles. The van der Waals surface area contributed by atoms with Crippen LogP contribution in [0.15, 0.2) is 77.7 Å². The van der Waals surface area contributed by atoms with Gasteiger partial charge in [0.25, 0.3) is 10.0 Å². The Morgan fingerprint density at radius 1 is 1.00 bits per heavy atom. The van der Waals surface area contributed by atoms with E-state index < -0.39 is 28.3 Å². The Bertz CT molecular complexity index is 1250. The number of anilines is 2. The molecule has 1 aliphatic rings. The van der Waals surface area contributed by atoms with Crippen LogP contribution < -0.4 is 14.5 Å². The first-order chi connectivity index (χ1) is 16.3. The molecule has 34 heavy (non-hydrogen) atoms. The van der Waals surface area contributed by atoms with Crippen molar-refractivity contribution in [3.8, 4) is 0 Å². The quantitative estimate of drug-likeness (QED) is 0.490. The molecule has 0 aromatic heterocycles. The van der Waals surface area contributed by atoms with E-state index in [4.69, 9.17) is 11.6 Å². The summed E-state index contributed by atoms with van der Waals surface area (Å²) >= 11 is 5.89. The minimum absolute atomic E-state index is 0.0146. The van der Waals surface area contributed by atoms with Crippen LogP contribution in [-0.2, 0) is 21.4 Å². The van der Waals surface area contributed by atoms with Gasteiger partial charge in [-0.05, 0) is 60.9 Å². The number of nitrogens with one attached hydrogen (secondary N) is 1. The third kappa shape index (κ3) is 5.51. The third-order valence-electron chi connectivity index (χ3n) is 5.71. The second-order valence-corrected chi connectivity index (χ2v) is 10.3. The molecule has 6 nitrogen and oxygen atoms in total. The first-order valence-corrected chi connectivity index (χ1v) is 12.8. The fourth-order valence-electron chi connectivity index (χ4n) is 3.86. The maximum atomic E-state index is 13.7. The van der Waals surface area contributed by atoms with E-state index in [1.165, 1.54) is 37.1 Å². The molecule has 0 bridgehead atoms. The molecule has 3 aromatic carbocycles. The minimum atomic E-state index is -4.09. The second kappa shape index (κ2) is 10.4. The molecule has 0 radical (unpaired) electrons. The Labute approximate surface area is 204 Å². The number of carbonyl (C=O) groups excluding carboxylic acids is 1. The van der Waals surface area contributed by atoms with E-state index in [-0.39, 0.29) is 22.2 Å². The zero-order chi connectivity index (χ0) is 24.1. The van der Waals surface area contributed by atoms with Gasteiger partial charge < -0.3 is 10.2 Å². The van der Waals surface area contributed by atoms with Gasteiger partial charge in [-0.2, -0.15) is 0 Å². The number of sulfonamides is 1. The molecule has 1 N–H and O–H groups in total. The van der Waals surface area contributed by atoms with Gasteiger partial charge in [-0.3, -0.25) is 9.10 Å². The van der Waals surface area contributed by atoms with Gasteiger partial charge in [0, 0.05) is 25.3 Å². The SMILES string of the molecule is O=C(CN(c1ccc(F)c(Cl)c1)S(=O)(=O)c1ccccc1)NCc1ccc(N2CCCC2)cc1. The second-order valence-electron chi connectivity index (χ2n) is 8.06. The van der Waals surface area contributed by atoms with Crippen LogP contribution in [0.1, 0.15) is 18.4 Å². The van der Waals surface area contributed by atoms with Crippen molar-refractivity contribution in [3.63, 3.8) is 0 Å². The summed E-state index contributed by atoms with van der Waals surface area (Å²) in [5.74, 6) is -1.17. The van der Waals surface area contributed by atoms with E-state index in [0.29, 0.717) is 0 Å². The van der Waals surface area contributed by atoms with E-state index in [2.05, 4.69) is 10.2 Å². The topological polar surface area (TPSA) is 69.7 Å². The molecule has 178 valence electrons. The summed E-state index contributed by atoms with van der Waals surface area (Å²) in [5, 5.41) is 2.54. The van der Waals surface area contributed by atoms with Gasteiger partial charge in [-0.15, -0.1) is 0 Å². The van der Waals surface area contributed by atoms with Crippen molar-refractivity contribution in [1.82, 2.24) is 5.32 Å². The molecule has 4 rings (SSSR count). The Morgan fingerprint density at radius 3 is 2.32 bits per heavy atom. The van der Waals surface area contributed by atoms with Crippen LogP contribution >= 0.6 is 11.6 Å². The fourth-order valence-corrected chi connectivity index (χ4v) is 5.47. The smallest absolute Gasteiger partial charge is 0.264 e. The molecule has 1 aliphatic heterocycles. The molecule has 1 saturated heterocycles. The van der Waals surface area contributed by atoms with Gasteiger partial charge in [0.2, 0.25) is 5.91 Å². The van der Waals surface area contributed by atoms with Gasteiger partial charge >= 0.3 is 0 Å². The third-order valence-corrected chi connectivity index (χ3v) is 7.78. The highest BCUT2D eigenvalue weighted by Gasteiger charge is 2.27. The van der Waals surface area contributed by atoms with Crippen molar-refractivity contribution in [2.75, 3.05) is 28.8 Å². The van der Waals surface area contributed by atoms with Gasteiger partial charge in [0.05, 0.1) is 15.6 Å². The highest BCUT2D eigenvalue weighted by atomic mass is 35.5. The molecule has 0 spiro atoms. The lowest BCUT2D eigenvalue weighted by Gasteiger charge is -2.24. The summed E-state index contributed by atoms with van der Waals surface area (Å²) in [6.07, 6.45) is 2.39. The van der Waals surface area contributed by atoms with Gasteiger partial charge in [-0.25, -0.2) is 12.8 Å². The number of halogens is 2. The summed E-state index contributed by atoms with van der Waals surface area (Å²) in [5.41, 5.74) is 2.15. The first-order valence-electron chi connectivity index (χ1n) is 11.0. The number of rotatable bonds is 8. The predicted octanol–water partition coefficient (Wildman–Crippen LogP) is 4.59. The van der Waals surface area contributed by atoms with E-state index in [9.17, 15) is 17.6 Å². The summed E-state index contributed by atoms with van der Waals surface area (Å²) in [4.78, 5) is 15.1. The Morgan fingerprint density at radius 2 is 1.68 bits per heavy atom. The Balaban J connectivity index is 1.49. The molecule has 1 heterocycles. The standard InChI is InChI=1S/C25H25ClFN3O3S/c26-23-16-21(12-13-24(23)27)30(34(32,33)22-6-2-1-3-7-22)18-25(31)28-17-19-8-10-20(11-9-19)29-14-4-5-15-29/h1-3,6-13,16H,4-5,14-15,17-18H2,(H,28,31). The fraction of sp³-hybridized carbons (Fsp3) is 0.240. The van der Waals surface area contributed by atoms with E-state index in [1.807, 2.05) is 24.3 Å². The van der Waals surface area contributed by atoms with Crippen molar-refractivity contribution in [1.29, 1.82) is 0 Å². The van der Waals surface area contributed by atoms with E-state index >= 15 is 0 Å². The highest BCUT2D eigenvalue weighted by molar-refractivity contribution is 7.92. The summed E-state index contributed by atoms with van der Waals surface area (Å²) < 4.78 is 41.2. The van der Waals surface area contributed by atoms with E-state index in [0.717, 1.165) is 34.7 Å². The number of benzene rings is 3. The van der Waals surface area contributed by atoms with Crippen molar-refractivity contribution in [3.05, 3.63) is 89.2 Å². The largest absolute Gasteiger partial charge is 0.372 e. The maximum absolute atomic E-state index is 13.7. The zero-order valence-electron chi connectivity index (χ0n) is 18.5. The van der Waals surface area contributed by atoms with Crippen molar-refractivity contribution < 1.29 is 17.6 Å². The highest BCUT2D eigenvalue weighted by Crippen LogP contribution is 2.27. The number of carbonyl (C=O) groups is 1. The average molecular weight is 502 g/mol. The molecule has 0 atom stereocenters. The van der Waals surface area contributed by atoms with Crippen molar-refractivity contribution in [2.45, 2.75) is 24.3 Å². The minimum Gasteiger partial charge on any atom is -0.372 e. The van der Waals surface area contributed by atoms with Crippen LogP contribution in [0.4, 0.5) is 15.8 Å². The summed E-state index contributed by atoms with van der Waals surface area (Å²) in [6.45, 7) is 1.87. The normalized spacial score (nSPS) is 13.6. The molecule has 1 amide bonds. The number of nitrogens with zero attached hydrogens (tertiary/aromatic N) is 2. The zero-order valence-corrected chi connectivity index (χ0v) is 20.0. The average Bonchev–Trinajstić information content (AvgIpc) is 3.39. The van der Waals surface area contributed by atoms with Crippen molar-refractivity contribution >= 4 is 38.9 Å². The molecule has 0 unspecified atom stereocenters. The molecule has 9 heteroatoms. The Kier molecular flexibility index (Phi) is 7.38. The van der Waals surface area contributed by atoms with Gasteiger partial charge in [0.15, 0.2) is 0 Å². The lowest BCUT2D eigenvalue weighted by atomic mass is 10.2. The molecular weight excluding hydrogens is 477 g/mol. The van der Waals surface area contributed by atoms with Crippen LogP contribution in [0.25, 0.3) is 0 Å². The number of amides is 1. The van der Waals surface area contributed by atoms with Crippen LogP contribution in [-0.4, -0.2) is 34.0 Å². The monoisotopic (exact) mass is 501 g/mol. The predicted molar refractivity (Wildman–Crippen MR) is 132 cm³/mol. The van der Waals surface area contributed by atoms with Gasteiger partial charge in [-0.1, -0.05) is 41.9 Å². The lowest BCUT2D eigenvalue weighted by molar-refractivity contribution is -0.119. The number of hydrogen-bond donors (Lipinski definition) is 1. The molecule has 3 aromatic rings. The number of hydrogen-bond acceptors (Lipinski definition) is 4. The van der Waals surface area contributed by atoms with Crippen molar-refractivity contribution in [2.24, 2.45) is 0 Å². The Hall–Kier alpha value is -3.10. The molecule has 0 saturated carbocycles. The first kappa shape index (κ1) is 24.0. The van der Waals surface area contributed by atoms with Crippen LogP contribution in [0.2, 0.25) is 5.02 Å². The van der Waals surface area contributed by atoms with E-state index in [1.54, 1.807) is 18.2 Å². The van der Waals surface area contributed by atoms with Crippen LogP contribution in [0, 0.1) is 5.82 Å². The summed E-state index contributed by atoms with van der Waals surface area (Å²) in [6, 6.07) is 19.3. The van der Waals surface area contributed by atoms with Gasteiger partial charge in [0.1, 0.15) is 12.4 Å². The maximum Gasteiger partial charge on any atom is 0.264 e. The van der Waals surface area contributed by atoms with Crippen LogP contribution in [0.5, 0.6) is 0 Å². The lowest BCUT2D eigenvalue weighted by Crippen LogP contribution is -2.40. The summed E-state index contributed by atoms with van der Waals surface area (Å²) in [7, 11) is -4.09. The molecular formula is C25H25ClFN3O3S.